The van der Waals surface area contributed by atoms with Crippen molar-refractivity contribution in [1.29, 1.82) is 0 Å². The topological polar surface area (TPSA) is 27.3 Å². The molecule has 0 spiro atoms. The van der Waals surface area contributed by atoms with Gasteiger partial charge in [0.25, 0.3) is 0 Å². The van der Waals surface area contributed by atoms with E-state index >= 15 is 0 Å². The summed E-state index contributed by atoms with van der Waals surface area (Å²) in [5, 5.41) is 7.09. The van der Waals surface area contributed by atoms with Crippen LogP contribution in [0.4, 0.5) is 0 Å². The van der Waals surface area contributed by atoms with Crippen LogP contribution in [0.25, 0.3) is 0 Å². The molecule has 0 amide bonds. The molecule has 1 aromatic carbocycles. The van der Waals surface area contributed by atoms with Crippen LogP contribution >= 0.6 is 0 Å². The Bertz CT molecular complexity index is 361. The van der Waals surface area contributed by atoms with E-state index in [0.717, 1.165) is 19.6 Å². The second-order valence-electron chi connectivity index (χ2n) is 5.58. The monoisotopic (exact) mass is 245 g/mol. The Morgan fingerprint density at radius 3 is 2.72 bits per heavy atom. The van der Waals surface area contributed by atoms with Crippen molar-refractivity contribution in [2.24, 2.45) is 0 Å². The third-order valence-electron chi connectivity index (χ3n) is 4.01. The van der Waals surface area contributed by atoms with Crippen molar-refractivity contribution < 1.29 is 0 Å². The van der Waals surface area contributed by atoms with Crippen LogP contribution in [-0.4, -0.2) is 43.2 Å². The summed E-state index contributed by atoms with van der Waals surface area (Å²) < 4.78 is 0. The van der Waals surface area contributed by atoms with Crippen LogP contribution < -0.4 is 10.6 Å². The molecule has 2 aliphatic heterocycles. The van der Waals surface area contributed by atoms with Crippen LogP contribution in [0.3, 0.4) is 0 Å². The Kier molecular flexibility index (Phi) is 3.93. The molecule has 3 nitrogen and oxygen atoms in total. The van der Waals surface area contributed by atoms with E-state index in [-0.39, 0.29) is 0 Å². The maximum atomic E-state index is 3.77. The second-order valence-corrected chi connectivity index (χ2v) is 5.58. The zero-order valence-electron chi connectivity index (χ0n) is 10.9. The molecule has 0 radical (unpaired) electrons. The lowest BCUT2D eigenvalue weighted by molar-refractivity contribution is 0.167. The van der Waals surface area contributed by atoms with Gasteiger partial charge in [-0.25, -0.2) is 0 Å². The fourth-order valence-electron chi connectivity index (χ4n) is 2.92. The maximum absolute atomic E-state index is 3.77. The molecule has 3 heteroatoms. The SMILES string of the molecule is c1ccc(CN2CCCC(NC3CNC3)C2)cc1. The van der Waals surface area contributed by atoms with Crippen molar-refractivity contribution in [2.75, 3.05) is 26.2 Å². The summed E-state index contributed by atoms with van der Waals surface area (Å²) in [4.78, 5) is 2.59. The van der Waals surface area contributed by atoms with Crippen molar-refractivity contribution in [1.82, 2.24) is 15.5 Å². The van der Waals surface area contributed by atoms with Gasteiger partial charge in [0.15, 0.2) is 0 Å². The molecular formula is C15H23N3. The Balaban J connectivity index is 1.50. The number of hydrogen-bond acceptors (Lipinski definition) is 3. The van der Waals surface area contributed by atoms with Gasteiger partial charge in [-0.1, -0.05) is 30.3 Å². The molecule has 2 saturated heterocycles. The number of likely N-dealkylation sites (tertiary alicyclic amines) is 1. The van der Waals surface area contributed by atoms with Gasteiger partial charge in [-0.05, 0) is 24.9 Å². The van der Waals surface area contributed by atoms with E-state index in [1.54, 1.807) is 0 Å². The summed E-state index contributed by atoms with van der Waals surface area (Å²) in [5.41, 5.74) is 1.43. The molecule has 1 atom stereocenters. The molecule has 3 rings (SSSR count). The number of hydrogen-bond donors (Lipinski definition) is 2. The minimum absolute atomic E-state index is 0.689. The van der Waals surface area contributed by atoms with E-state index in [9.17, 15) is 0 Å². The fraction of sp³-hybridized carbons (Fsp3) is 0.600. The van der Waals surface area contributed by atoms with Crippen LogP contribution in [0.2, 0.25) is 0 Å². The molecule has 0 bridgehead atoms. The Hall–Kier alpha value is -0.900. The number of rotatable bonds is 4. The highest BCUT2D eigenvalue weighted by Gasteiger charge is 2.24. The normalized spacial score (nSPS) is 25.9. The van der Waals surface area contributed by atoms with E-state index in [1.807, 2.05) is 0 Å². The van der Waals surface area contributed by atoms with Gasteiger partial charge in [-0.3, -0.25) is 4.90 Å². The minimum Gasteiger partial charge on any atom is -0.314 e. The third-order valence-corrected chi connectivity index (χ3v) is 4.01. The highest BCUT2D eigenvalue weighted by atomic mass is 15.2. The van der Waals surface area contributed by atoms with E-state index in [2.05, 4.69) is 45.9 Å². The molecule has 2 heterocycles. The van der Waals surface area contributed by atoms with Gasteiger partial charge in [0.05, 0.1) is 0 Å². The second kappa shape index (κ2) is 5.83. The zero-order valence-corrected chi connectivity index (χ0v) is 10.9. The van der Waals surface area contributed by atoms with Crippen molar-refractivity contribution in [3.63, 3.8) is 0 Å². The average molecular weight is 245 g/mol. The molecular weight excluding hydrogens is 222 g/mol. The lowest BCUT2D eigenvalue weighted by Crippen LogP contribution is -2.60. The van der Waals surface area contributed by atoms with Gasteiger partial charge in [0, 0.05) is 38.3 Å². The van der Waals surface area contributed by atoms with Gasteiger partial charge < -0.3 is 10.6 Å². The lowest BCUT2D eigenvalue weighted by Gasteiger charge is -2.38. The van der Waals surface area contributed by atoms with Gasteiger partial charge in [-0.15, -0.1) is 0 Å². The van der Waals surface area contributed by atoms with Crippen molar-refractivity contribution in [3.8, 4) is 0 Å². The Labute approximate surface area is 110 Å². The molecule has 1 unspecified atom stereocenters. The van der Waals surface area contributed by atoms with Crippen LogP contribution in [0.1, 0.15) is 18.4 Å². The number of piperidine rings is 1. The highest BCUT2D eigenvalue weighted by Crippen LogP contribution is 2.14. The van der Waals surface area contributed by atoms with E-state index in [0.29, 0.717) is 12.1 Å². The predicted octanol–water partition coefficient (Wildman–Crippen LogP) is 1.21. The Morgan fingerprint density at radius 1 is 1.17 bits per heavy atom. The quantitative estimate of drug-likeness (QED) is 0.835. The van der Waals surface area contributed by atoms with Crippen molar-refractivity contribution in [2.45, 2.75) is 31.5 Å². The minimum atomic E-state index is 0.689. The molecule has 1 aromatic rings. The molecule has 98 valence electrons. The lowest BCUT2D eigenvalue weighted by atomic mass is 10.0. The van der Waals surface area contributed by atoms with Gasteiger partial charge in [0.1, 0.15) is 0 Å². The number of nitrogens with one attached hydrogen (secondary N) is 2. The first-order valence-corrected chi connectivity index (χ1v) is 7.13. The summed E-state index contributed by atoms with van der Waals surface area (Å²) in [5.74, 6) is 0. The molecule has 0 aliphatic carbocycles. The summed E-state index contributed by atoms with van der Waals surface area (Å²) >= 11 is 0. The van der Waals surface area contributed by atoms with Crippen LogP contribution in [-0.2, 0) is 6.54 Å². The van der Waals surface area contributed by atoms with E-state index in [4.69, 9.17) is 0 Å². The molecule has 2 fully saturated rings. The smallest absolute Gasteiger partial charge is 0.0320 e. The van der Waals surface area contributed by atoms with Crippen molar-refractivity contribution in [3.05, 3.63) is 35.9 Å². The molecule has 0 aromatic heterocycles. The largest absolute Gasteiger partial charge is 0.314 e. The third kappa shape index (κ3) is 3.10. The first-order valence-electron chi connectivity index (χ1n) is 7.13. The van der Waals surface area contributed by atoms with Crippen LogP contribution in [0.15, 0.2) is 30.3 Å². The molecule has 2 N–H and O–H groups in total. The predicted molar refractivity (Wildman–Crippen MR) is 74.5 cm³/mol. The Morgan fingerprint density at radius 2 is 2.00 bits per heavy atom. The molecule has 18 heavy (non-hydrogen) atoms. The van der Waals surface area contributed by atoms with Gasteiger partial charge >= 0.3 is 0 Å². The summed E-state index contributed by atoms with van der Waals surface area (Å²) in [7, 11) is 0. The number of nitrogens with zero attached hydrogens (tertiary/aromatic N) is 1. The van der Waals surface area contributed by atoms with E-state index < -0.39 is 0 Å². The zero-order chi connectivity index (χ0) is 12.2. The van der Waals surface area contributed by atoms with E-state index in [1.165, 1.54) is 31.5 Å². The molecule has 2 aliphatic rings. The standard InChI is InChI=1S/C15H23N3/c1-2-5-13(6-3-1)11-18-8-4-7-14(12-18)17-15-9-16-10-15/h1-3,5-6,14-17H,4,7-12H2. The van der Waals surface area contributed by atoms with Crippen LogP contribution in [0, 0.1) is 0 Å². The summed E-state index contributed by atoms with van der Waals surface area (Å²) in [6, 6.07) is 12.2. The average Bonchev–Trinajstić information content (AvgIpc) is 2.36. The van der Waals surface area contributed by atoms with Crippen LogP contribution in [0.5, 0.6) is 0 Å². The molecule has 0 saturated carbocycles. The van der Waals surface area contributed by atoms with Crippen molar-refractivity contribution >= 4 is 0 Å². The number of benzene rings is 1. The first kappa shape index (κ1) is 12.2. The first-order chi connectivity index (χ1) is 8.90. The summed E-state index contributed by atoms with van der Waals surface area (Å²) in [6.07, 6.45) is 2.66. The maximum Gasteiger partial charge on any atom is 0.0320 e. The fourth-order valence-corrected chi connectivity index (χ4v) is 2.92. The van der Waals surface area contributed by atoms with Gasteiger partial charge in [-0.2, -0.15) is 0 Å². The highest BCUT2D eigenvalue weighted by molar-refractivity contribution is 5.14. The summed E-state index contributed by atoms with van der Waals surface area (Å²) in [6.45, 7) is 5.84. The van der Waals surface area contributed by atoms with Gasteiger partial charge in [0.2, 0.25) is 0 Å².